The minimum atomic E-state index is -3.90. The van der Waals surface area contributed by atoms with Gasteiger partial charge in [-0.2, -0.15) is 10.1 Å². The second kappa shape index (κ2) is 9.13. The van der Waals surface area contributed by atoms with E-state index < -0.39 is 10.0 Å². The van der Waals surface area contributed by atoms with Gasteiger partial charge in [-0.15, -0.1) is 0 Å². The summed E-state index contributed by atoms with van der Waals surface area (Å²) in [6, 6.07) is 7.82. The fraction of sp³-hybridized carbons (Fsp3) is 0.458. The van der Waals surface area contributed by atoms with Gasteiger partial charge < -0.3 is 4.74 Å². The number of ether oxygens (including phenoxy) is 1. The zero-order valence-electron chi connectivity index (χ0n) is 19.7. The predicted octanol–water partition coefficient (Wildman–Crippen LogP) is 4.50. The van der Waals surface area contributed by atoms with Gasteiger partial charge in [0.05, 0.1) is 11.9 Å². The molecule has 0 radical (unpaired) electrons. The number of rotatable bonds is 6. The molecule has 0 amide bonds. The summed E-state index contributed by atoms with van der Waals surface area (Å²) in [6.45, 7) is 8.41. The number of nitrogens with zero attached hydrogens (tertiary/aromatic N) is 4. The zero-order chi connectivity index (χ0) is 23.8. The maximum atomic E-state index is 12.9. The number of benzene rings is 1. The molecule has 2 unspecified atom stereocenters. The van der Waals surface area contributed by atoms with E-state index in [0.29, 0.717) is 23.4 Å². The van der Waals surface area contributed by atoms with E-state index >= 15 is 0 Å². The van der Waals surface area contributed by atoms with Crippen LogP contribution in [-0.2, 0) is 17.1 Å². The van der Waals surface area contributed by atoms with E-state index in [-0.39, 0.29) is 16.9 Å². The van der Waals surface area contributed by atoms with Gasteiger partial charge in [0, 0.05) is 24.9 Å². The van der Waals surface area contributed by atoms with Crippen LogP contribution in [0.3, 0.4) is 0 Å². The van der Waals surface area contributed by atoms with Crippen molar-refractivity contribution < 1.29 is 13.2 Å². The Balaban J connectivity index is 1.76. The molecule has 1 aliphatic carbocycles. The number of hydrogen-bond acceptors (Lipinski definition) is 6. The van der Waals surface area contributed by atoms with Crippen LogP contribution >= 0.6 is 0 Å². The molecule has 1 aliphatic rings. The molecule has 0 aliphatic heterocycles. The Morgan fingerprint density at radius 2 is 1.76 bits per heavy atom. The number of aromatic nitrogens is 4. The summed E-state index contributed by atoms with van der Waals surface area (Å²) in [5.41, 5.74) is 3.65. The summed E-state index contributed by atoms with van der Waals surface area (Å²) < 4.78 is 36.2. The lowest BCUT2D eigenvalue weighted by Crippen LogP contribution is -2.35. The molecule has 1 fully saturated rings. The van der Waals surface area contributed by atoms with E-state index in [1.807, 2.05) is 38.1 Å². The summed E-state index contributed by atoms with van der Waals surface area (Å²) in [7, 11) is -2.23. The van der Waals surface area contributed by atoms with Gasteiger partial charge in [-0.3, -0.25) is 4.68 Å². The molecule has 1 aromatic carbocycles. The Hall–Kier alpha value is -2.94. The maximum Gasteiger partial charge on any atom is 0.267 e. The van der Waals surface area contributed by atoms with E-state index in [2.05, 4.69) is 33.6 Å². The van der Waals surface area contributed by atoms with Crippen molar-refractivity contribution in [1.29, 1.82) is 0 Å². The van der Waals surface area contributed by atoms with Crippen molar-refractivity contribution in [3.8, 4) is 17.1 Å². The van der Waals surface area contributed by atoms with Gasteiger partial charge in [-0.05, 0) is 49.7 Å². The second-order valence-corrected chi connectivity index (χ2v) is 10.8. The molecular weight excluding hydrogens is 438 g/mol. The van der Waals surface area contributed by atoms with Crippen molar-refractivity contribution in [3.05, 3.63) is 47.8 Å². The fourth-order valence-electron chi connectivity index (χ4n) is 4.62. The maximum absolute atomic E-state index is 12.9. The molecule has 0 spiro atoms. The van der Waals surface area contributed by atoms with Gasteiger partial charge in [0.25, 0.3) is 10.0 Å². The summed E-state index contributed by atoms with van der Waals surface area (Å²) in [5.74, 6) is 1.13. The van der Waals surface area contributed by atoms with Crippen LogP contribution in [0.5, 0.6) is 5.88 Å². The third-order valence-electron chi connectivity index (χ3n) is 6.35. The van der Waals surface area contributed by atoms with Crippen molar-refractivity contribution in [2.45, 2.75) is 58.0 Å². The molecule has 9 heteroatoms. The zero-order valence-corrected chi connectivity index (χ0v) is 20.6. The molecule has 2 aromatic heterocycles. The lowest BCUT2D eigenvalue weighted by molar-refractivity contribution is 0.0514. The minimum Gasteiger partial charge on any atom is -0.474 e. The van der Waals surface area contributed by atoms with E-state index in [9.17, 15) is 8.42 Å². The van der Waals surface area contributed by atoms with Gasteiger partial charge in [0.15, 0.2) is 0 Å². The van der Waals surface area contributed by atoms with E-state index in [4.69, 9.17) is 4.74 Å². The van der Waals surface area contributed by atoms with Crippen molar-refractivity contribution in [2.24, 2.45) is 18.9 Å². The highest BCUT2D eigenvalue weighted by Gasteiger charge is 2.30. The molecule has 33 heavy (non-hydrogen) atoms. The van der Waals surface area contributed by atoms with Crippen LogP contribution in [0, 0.1) is 25.7 Å². The highest BCUT2D eigenvalue weighted by atomic mass is 32.2. The van der Waals surface area contributed by atoms with E-state index in [1.165, 1.54) is 23.5 Å². The minimum absolute atomic E-state index is 0.0160. The summed E-state index contributed by atoms with van der Waals surface area (Å²) in [5, 5.41) is 3.96. The lowest BCUT2D eigenvalue weighted by atomic mass is 9.80. The van der Waals surface area contributed by atoms with Crippen molar-refractivity contribution >= 4 is 16.0 Å². The molecule has 4 rings (SSSR count). The average molecular weight is 470 g/mol. The molecule has 1 N–H and O–H groups in total. The van der Waals surface area contributed by atoms with Crippen LogP contribution < -0.4 is 9.46 Å². The van der Waals surface area contributed by atoms with Crippen LogP contribution in [0.25, 0.3) is 11.3 Å². The normalized spacial score (nSPS) is 21.1. The Morgan fingerprint density at radius 3 is 2.36 bits per heavy atom. The van der Waals surface area contributed by atoms with E-state index in [0.717, 1.165) is 29.5 Å². The largest absolute Gasteiger partial charge is 0.474 e. The molecule has 2 atom stereocenters. The summed E-state index contributed by atoms with van der Waals surface area (Å²) in [6.07, 6.45) is 6.13. The van der Waals surface area contributed by atoms with Gasteiger partial charge in [0.2, 0.25) is 11.8 Å². The van der Waals surface area contributed by atoms with Gasteiger partial charge >= 0.3 is 0 Å². The summed E-state index contributed by atoms with van der Waals surface area (Å²) in [4.78, 5) is 9.06. The standard InChI is InChI=1S/C24H31N5O3S/c1-15-8-6-9-16(2)22(15)20-12-21(32-23-17(3)10-7-11-18(23)4)27-24(26-20)28-33(30,31)19-13-25-29(5)14-19/h6,8-9,12-14,17-18,23H,7,10-11H2,1-5H3,(H,26,27,28). The topological polar surface area (TPSA) is 99.0 Å². The molecule has 0 bridgehead atoms. The predicted molar refractivity (Wildman–Crippen MR) is 128 cm³/mol. The molecule has 1 saturated carbocycles. The quantitative estimate of drug-likeness (QED) is 0.571. The monoisotopic (exact) mass is 469 g/mol. The molecule has 176 valence electrons. The molecule has 3 aromatic rings. The fourth-order valence-corrected chi connectivity index (χ4v) is 5.54. The van der Waals surface area contributed by atoms with Crippen molar-refractivity contribution in [2.75, 3.05) is 4.72 Å². The van der Waals surface area contributed by atoms with Crippen LogP contribution in [0.4, 0.5) is 5.95 Å². The van der Waals surface area contributed by atoms with E-state index in [1.54, 1.807) is 7.05 Å². The second-order valence-electron chi connectivity index (χ2n) is 9.10. The smallest absolute Gasteiger partial charge is 0.267 e. The first-order valence-electron chi connectivity index (χ1n) is 11.3. The number of aryl methyl sites for hydroxylation is 3. The highest BCUT2D eigenvalue weighted by molar-refractivity contribution is 7.92. The number of nitrogens with one attached hydrogen (secondary N) is 1. The first-order valence-corrected chi connectivity index (χ1v) is 12.8. The number of hydrogen-bond donors (Lipinski definition) is 1. The van der Waals surface area contributed by atoms with Crippen LogP contribution in [0.1, 0.15) is 44.2 Å². The summed E-state index contributed by atoms with van der Waals surface area (Å²) >= 11 is 0. The highest BCUT2D eigenvalue weighted by Crippen LogP contribution is 2.34. The van der Waals surface area contributed by atoms with Crippen molar-refractivity contribution in [3.63, 3.8) is 0 Å². The Morgan fingerprint density at radius 1 is 1.09 bits per heavy atom. The first kappa shape index (κ1) is 23.2. The Kier molecular flexibility index (Phi) is 6.43. The molecule has 2 heterocycles. The molecule has 8 nitrogen and oxygen atoms in total. The molecular formula is C24H31N5O3S. The van der Waals surface area contributed by atoms with Crippen LogP contribution in [0.15, 0.2) is 41.6 Å². The average Bonchev–Trinajstić information content (AvgIpc) is 3.18. The van der Waals surface area contributed by atoms with Crippen molar-refractivity contribution in [1.82, 2.24) is 19.7 Å². The number of anilines is 1. The third-order valence-corrected chi connectivity index (χ3v) is 7.64. The Bertz CT molecular complexity index is 1220. The third kappa shape index (κ3) is 5.03. The lowest BCUT2D eigenvalue weighted by Gasteiger charge is -2.34. The SMILES string of the molecule is Cc1cccc(C)c1-c1cc(OC2C(C)CCCC2C)nc(NS(=O)(=O)c2cnn(C)c2)n1. The molecule has 0 saturated heterocycles. The number of sulfonamides is 1. The van der Waals surface area contributed by atoms with Gasteiger partial charge in [0.1, 0.15) is 11.0 Å². The van der Waals surface area contributed by atoms with Crippen LogP contribution in [0.2, 0.25) is 0 Å². The van der Waals surface area contributed by atoms with Crippen LogP contribution in [-0.4, -0.2) is 34.3 Å². The Labute approximate surface area is 195 Å². The van der Waals surface area contributed by atoms with Gasteiger partial charge in [-0.1, -0.05) is 38.5 Å². The first-order chi connectivity index (χ1) is 15.6. The van der Waals surface area contributed by atoms with Gasteiger partial charge in [-0.25, -0.2) is 18.1 Å².